The Kier molecular flexibility index (Phi) is 5.42. The number of benzene rings is 2. The molecule has 0 aliphatic rings. The lowest BCUT2D eigenvalue weighted by Gasteiger charge is -2.05. The molecule has 2 heterocycles. The van der Waals surface area contributed by atoms with Crippen molar-refractivity contribution in [2.45, 2.75) is 11.8 Å². The van der Waals surface area contributed by atoms with E-state index in [1.807, 2.05) is 29.0 Å². The van der Waals surface area contributed by atoms with Crippen molar-refractivity contribution in [1.29, 1.82) is 5.26 Å². The van der Waals surface area contributed by atoms with E-state index in [2.05, 4.69) is 11.1 Å². The van der Waals surface area contributed by atoms with Crippen molar-refractivity contribution in [3.8, 4) is 17.4 Å². The summed E-state index contributed by atoms with van der Waals surface area (Å²) in [6, 6.07) is 19.2. The molecule has 0 saturated heterocycles. The Hall–Kier alpha value is -3.74. The molecule has 0 radical (unpaired) electrons. The molecule has 0 bridgehead atoms. The number of allylic oxidation sites excluding steroid dienone is 1. The summed E-state index contributed by atoms with van der Waals surface area (Å²) in [6.45, 7) is 1.13. The summed E-state index contributed by atoms with van der Waals surface area (Å²) in [5.74, 6) is 0.324. The fraction of sp³-hybridized carbons (Fsp3) is 0.0455. The molecular weight excluding hydrogens is 434 g/mol. The highest BCUT2D eigenvalue weighted by Gasteiger charge is 2.16. The minimum absolute atomic E-state index is 0.0271. The maximum atomic E-state index is 12.0. The largest absolute Gasteiger partial charge is 0.457 e. The average Bonchev–Trinajstić information content (AvgIpc) is 3.38. The molecule has 0 unspecified atom stereocenters. The second-order valence-electron chi connectivity index (χ2n) is 6.54. The summed E-state index contributed by atoms with van der Waals surface area (Å²) in [4.78, 5) is 15.5. The highest BCUT2D eigenvalue weighted by Crippen LogP contribution is 2.30. The van der Waals surface area contributed by atoms with Gasteiger partial charge in [0.05, 0.1) is 20.7 Å². The first-order valence-corrected chi connectivity index (χ1v) is 11.4. The molecule has 0 fully saturated rings. The lowest BCUT2D eigenvalue weighted by Crippen LogP contribution is -2.28. The first-order valence-electron chi connectivity index (χ1n) is 9.07. The molecule has 0 aliphatic carbocycles. The SMILES string of the molecule is CC(=O)NS(=O)(=O)c1ccc(-c2ccc(C=C(C#N)c3nc4ccccc4s3)o2)cc1. The molecule has 2 aromatic carbocycles. The summed E-state index contributed by atoms with van der Waals surface area (Å²) >= 11 is 1.43. The van der Waals surface area contributed by atoms with Crippen LogP contribution >= 0.6 is 11.3 Å². The molecule has 154 valence electrons. The molecule has 0 saturated carbocycles. The molecule has 31 heavy (non-hydrogen) atoms. The summed E-state index contributed by atoms with van der Waals surface area (Å²) in [5, 5.41) is 10.2. The maximum absolute atomic E-state index is 12.0. The number of aromatic nitrogens is 1. The van der Waals surface area contributed by atoms with Gasteiger partial charge in [-0.15, -0.1) is 11.3 Å². The van der Waals surface area contributed by atoms with Crippen LogP contribution in [-0.2, 0) is 14.8 Å². The number of nitrogens with one attached hydrogen (secondary N) is 1. The summed E-state index contributed by atoms with van der Waals surface area (Å²) in [5.41, 5.74) is 1.87. The Balaban J connectivity index is 1.60. The minimum Gasteiger partial charge on any atom is -0.457 e. The summed E-state index contributed by atoms with van der Waals surface area (Å²) in [6.07, 6.45) is 1.62. The normalized spacial score (nSPS) is 11.9. The van der Waals surface area contributed by atoms with E-state index in [0.717, 1.165) is 17.1 Å². The van der Waals surface area contributed by atoms with Crippen LogP contribution in [0.2, 0.25) is 0 Å². The van der Waals surface area contributed by atoms with Crippen LogP contribution in [0.25, 0.3) is 33.2 Å². The van der Waals surface area contributed by atoms with Gasteiger partial charge in [0.2, 0.25) is 5.91 Å². The number of carbonyl (C=O) groups excluding carboxylic acids is 1. The van der Waals surface area contributed by atoms with E-state index in [9.17, 15) is 18.5 Å². The Labute approximate surface area is 182 Å². The van der Waals surface area contributed by atoms with E-state index in [-0.39, 0.29) is 4.90 Å². The van der Waals surface area contributed by atoms with Gasteiger partial charge in [-0.2, -0.15) is 5.26 Å². The number of carbonyl (C=O) groups is 1. The van der Waals surface area contributed by atoms with Gasteiger partial charge < -0.3 is 4.42 Å². The van der Waals surface area contributed by atoms with E-state index >= 15 is 0 Å². The number of furan rings is 1. The second-order valence-corrected chi connectivity index (χ2v) is 9.26. The van der Waals surface area contributed by atoms with Crippen LogP contribution in [0.1, 0.15) is 17.7 Å². The average molecular weight is 450 g/mol. The van der Waals surface area contributed by atoms with Crippen molar-refractivity contribution >= 4 is 49.1 Å². The highest BCUT2D eigenvalue weighted by molar-refractivity contribution is 7.90. The van der Waals surface area contributed by atoms with Crippen molar-refractivity contribution in [3.05, 3.63) is 71.4 Å². The number of rotatable bonds is 5. The van der Waals surface area contributed by atoms with E-state index < -0.39 is 15.9 Å². The van der Waals surface area contributed by atoms with Crippen LogP contribution in [0.4, 0.5) is 0 Å². The number of hydrogen-bond acceptors (Lipinski definition) is 7. The molecule has 1 amide bonds. The molecular formula is C22H15N3O4S2. The maximum Gasteiger partial charge on any atom is 0.264 e. The van der Waals surface area contributed by atoms with Crippen LogP contribution < -0.4 is 4.72 Å². The topological polar surface area (TPSA) is 113 Å². The standard InChI is InChI=1S/C22H15N3O4S2/c1-14(26)25-31(27,28)18-9-6-15(7-10-18)20-11-8-17(29-20)12-16(13-23)22-24-19-4-2-3-5-21(19)30-22/h2-12H,1H3,(H,25,26). The molecule has 1 N–H and O–H groups in total. The van der Waals surface area contributed by atoms with Gasteiger partial charge in [-0.3, -0.25) is 4.79 Å². The van der Waals surface area contributed by atoms with E-state index in [0.29, 0.717) is 27.7 Å². The molecule has 0 atom stereocenters. The van der Waals surface area contributed by atoms with Gasteiger partial charge in [-0.05, 0) is 48.5 Å². The van der Waals surface area contributed by atoms with Gasteiger partial charge in [-0.1, -0.05) is 12.1 Å². The van der Waals surface area contributed by atoms with Crippen molar-refractivity contribution in [2.75, 3.05) is 0 Å². The number of fused-ring (bicyclic) bond motifs is 1. The molecule has 0 spiro atoms. The monoisotopic (exact) mass is 449 g/mol. The lowest BCUT2D eigenvalue weighted by atomic mass is 10.2. The molecule has 9 heteroatoms. The number of para-hydroxylation sites is 1. The quantitative estimate of drug-likeness (QED) is 0.451. The first-order chi connectivity index (χ1) is 14.9. The van der Waals surface area contributed by atoms with Gasteiger partial charge in [0.1, 0.15) is 22.6 Å². The van der Waals surface area contributed by atoms with Gasteiger partial charge in [0.15, 0.2) is 0 Å². The number of nitrogens with zero attached hydrogens (tertiary/aromatic N) is 2. The second kappa shape index (κ2) is 8.18. The molecule has 0 aliphatic heterocycles. The smallest absolute Gasteiger partial charge is 0.264 e. The Morgan fingerprint density at radius 2 is 1.87 bits per heavy atom. The zero-order chi connectivity index (χ0) is 22.0. The van der Waals surface area contributed by atoms with Gasteiger partial charge in [-0.25, -0.2) is 18.1 Å². The van der Waals surface area contributed by atoms with Crippen LogP contribution in [-0.4, -0.2) is 19.3 Å². The van der Waals surface area contributed by atoms with E-state index in [1.165, 1.54) is 23.5 Å². The zero-order valence-electron chi connectivity index (χ0n) is 16.2. The molecule has 7 nitrogen and oxygen atoms in total. The molecule has 4 rings (SSSR count). The molecule has 4 aromatic rings. The first kappa shape index (κ1) is 20.5. The number of sulfonamides is 1. The van der Waals surface area contributed by atoms with Crippen molar-refractivity contribution < 1.29 is 17.6 Å². The Bertz CT molecular complexity index is 1420. The zero-order valence-corrected chi connectivity index (χ0v) is 17.8. The predicted molar refractivity (Wildman–Crippen MR) is 118 cm³/mol. The fourth-order valence-electron chi connectivity index (χ4n) is 2.90. The van der Waals surface area contributed by atoms with Gasteiger partial charge in [0, 0.05) is 18.6 Å². The molecule has 2 aromatic heterocycles. The number of thiazole rings is 1. The van der Waals surface area contributed by atoms with Crippen LogP contribution in [0.3, 0.4) is 0 Å². The summed E-state index contributed by atoms with van der Waals surface area (Å²) < 4.78 is 32.8. The lowest BCUT2D eigenvalue weighted by molar-refractivity contribution is -0.117. The van der Waals surface area contributed by atoms with Gasteiger partial charge in [0.25, 0.3) is 10.0 Å². The Morgan fingerprint density at radius 3 is 2.55 bits per heavy atom. The third-order valence-electron chi connectivity index (χ3n) is 4.29. The van der Waals surface area contributed by atoms with Crippen molar-refractivity contribution in [1.82, 2.24) is 9.71 Å². The number of hydrogen-bond donors (Lipinski definition) is 1. The number of nitriles is 1. The van der Waals surface area contributed by atoms with Gasteiger partial charge >= 0.3 is 0 Å². The van der Waals surface area contributed by atoms with Crippen molar-refractivity contribution in [3.63, 3.8) is 0 Å². The third kappa shape index (κ3) is 4.40. The predicted octanol–water partition coefficient (Wildman–Crippen LogP) is 4.45. The van der Waals surface area contributed by atoms with E-state index in [4.69, 9.17) is 4.42 Å². The van der Waals surface area contributed by atoms with Crippen LogP contribution in [0.15, 0.2) is 70.0 Å². The Morgan fingerprint density at radius 1 is 1.13 bits per heavy atom. The van der Waals surface area contributed by atoms with Crippen LogP contribution in [0.5, 0.6) is 0 Å². The van der Waals surface area contributed by atoms with E-state index in [1.54, 1.807) is 30.3 Å². The van der Waals surface area contributed by atoms with Crippen LogP contribution in [0, 0.1) is 11.3 Å². The fourth-order valence-corrected chi connectivity index (χ4v) is 4.83. The summed E-state index contributed by atoms with van der Waals surface area (Å²) in [7, 11) is -3.90. The van der Waals surface area contributed by atoms with Crippen molar-refractivity contribution in [2.24, 2.45) is 0 Å². The highest BCUT2D eigenvalue weighted by atomic mass is 32.2. The minimum atomic E-state index is -3.90. The number of amides is 1. The third-order valence-corrected chi connectivity index (χ3v) is 6.80.